The van der Waals surface area contributed by atoms with Crippen LogP contribution in [-0.2, 0) is 14.3 Å². The van der Waals surface area contributed by atoms with E-state index in [0.717, 1.165) is 47.6 Å². The van der Waals surface area contributed by atoms with Gasteiger partial charge in [-0.3, -0.25) is 9.59 Å². The summed E-state index contributed by atoms with van der Waals surface area (Å²) in [6, 6.07) is 15.1. The van der Waals surface area contributed by atoms with Crippen LogP contribution < -0.4 is 9.47 Å². The number of hydrogen-bond donors (Lipinski definition) is 0. The maximum absolute atomic E-state index is 13.6. The molecule has 2 amide bonds. The molecule has 4 rings (SSSR count). The van der Waals surface area contributed by atoms with Crippen molar-refractivity contribution >= 4 is 17.5 Å². The monoisotopic (exact) mass is 479 g/mol. The molecule has 1 aliphatic heterocycles. The Labute approximate surface area is 206 Å². The first kappa shape index (κ1) is 24.7. The highest BCUT2D eigenvalue weighted by atomic mass is 16.5. The molecule has 0 saturated heterocycles. The van der Waals surface area contributed by atoms with Crippen molar-refractivity contribution in [2.75, 3.05) is 41.0 Å². The average Bonchev–Trinajstić information content (AvgIpc) is 3.31. The third-order valence-corrected chi connectivity index (χ3v) is 6.73. The molecule has 1 heterocycles. The first-order valence-corrected chi connectivity index (χ1v) is 12.0. The van der Waals surface area contributed by atoms with Gasteiger partial charge in [-0.25, -0.2) is 5.01 Å². The lowest BCUT2D eigenvalue weighted by Gasteiger charge is -2.32. The van der Waals surface area contributed by atoms with Crippen LogP contribution in [0.1, 0.15) is 42.9 Å². The lowest BCUT2D eigenvalue weighted by Crippen LogP contribution is -2.46. The molecule has 1 saturated carbocycles. The molecule has 186 valence electrons. The van der Waals surface area contributed by atoms with Crippen molar-refractivity contribution in [2.24, 2.45) is 11.0 Å². The van der Waals surface area contributed by atoms with E-state index < -0.39 is 0 Å². The van der Waals surface area contributed by atoms with Gasteiger partial charge in [-0.1, -0.05) is 30.7 Å². The quantitative estimate of drug-likeness (QED) is 0.520. The van der Waals surface area contributed by atoms with Gasteiger partial charge in [-0.05, 0) is 42.7 Å². The number of carbonyl (C=O) groups is 2. The minimum Gasteiger partial charge on any atom is -0.497 e. The van der Waals surface area contributed by atoms with Gasteiger partial charge in [0.1, 0.15) is 18.0 Å². The smallest absolute Gasteiger partial charge is 0.262 e. The third kappa shape index (κ3) is 5.65. The first-order valence-electron chi connectivity index (χ1n) is 12.0. The number of nitrogens with zero attached hydrogens (tertiary/aromatic N) is 3. The van der Waals surface area contributed by atoms with Crippen molar-refractivity contribution in [2.45, 2.75) is 31.7 Å². The minimum atomic E-state index is -0.280. The van der Waals surface area contributed by atoms with E-state index >= 15 is 0 Å². The van der Waals surface area contributed by atoms with Crippen molar-refractivity contribution in [3.8, 4) is 11.5 Å². The van der Waals surface area contributed by atoms with Crippen LogP contribution in [0.2, 0.25) is 0 Å². The van der Waals surface area contributed by atoms with Crippen molar-refractivity contribution in [1.82, 2.24) is 9.91 Å². The highest BCUT2D eigenvalue weighted by Gasteiger charge is 2.36. The van der Waals surface area contributed by atoms with Crippen LogP contribution in [-0.4, -0.2) is 68.5 Å². The molecular formula is C27H33N3O5. The normalized spacial score (nSPS) is 17.5. The SMILES string of the molecule is COCCN(CC(=O)N1N=C(c2cccc(OC)c2)CC1c1ccc(OC)cc1)C(=O)C1CCC1. The summed E-state index contributed by atoms with van der Waals surface area (Å²) in [6.07, 6.45) is 3.38. The number of hydrogen-bond acceptors (Lipinski definition) is 6. The number of hydrazone groups is 1. The molecule has 8 heteroatoms. The summed E-state index contributed by atoms with van der Waals surface area (Å²) in [6.45, 7) is 0.733. The second kappa shape index (κ2) is 11.4. The van der Waals surface area contributed by atoms with Crippen LogP contribution in [0.5, 0.6) is 11.5 Å². The Bertz CT molecular complexity index is 1060. The zero-order valence-corrected chi connectivity index (χ0v) is 20.6. The van der Waals surface area contributed by atoms with Crippen LogP contribution in [0.15, 0.2) is 53.6 Å². The maximum Gasteiger partial charge on any atom is 0.262 e. The molecular weight excluding hydrogens is 446 g/mol. The van der Waals surface area contributed by atoms with Gasteiger partial charge in [-0.15, -0.1) is 0 Å². The standard InChI is InChI=1S/C27H33N3O5/c1-33-15-14-29(27(32)20-6-4-7-20)18-26(31)30-25(19-10-12-22(34-2)13-11-19)17-24(28-30)21-8-5-9-23(16-21)35-3/h5,8-13,16,20,25H,4,6-7,14-15,17-18H2,1-3H3. The molecule has 1 fully saturated rings. The van der Waals surface area contributed by atoms with Gasteiger partial charge >= 0.3 is 0 Å². The summed E-state index contributed by atoms with van der Waals surface area (Å²) in [4.78, 5) is 28.2. The molecule has 2 aromatic carbocycles. The Morgan fingerprint density at radius 3 is 2.40 bits per heavy atom. The Kier molecular flexibility index (Phi) is 8.02. The van der Waals surface area contributed by atoms with Crippen LogP contribution in [0.4, 0.5) is 0 Å². The lowest BCUT2D eigenvalue weighted by molar-refractivity contribution is -0.146. The zero-order valence-electron chi connectivity index (χ0n) is 20.6. The molecule has 2 aromatic rings. The second-order valence-electron chi connectivity index (χ2n) is 8.89. The van der Waals surface area contributed by atoms with Gasteiger partial charge in [0.05, 0.1) is 32.6 Å². The van der Waals surface area contributed by atoms with Crippen LogP contribution in [0.25, 0.3) is 0 Å². The minimum absolute atomic E-state index is 0.00599. The van der Waals surface area contributed by atoms with Crippen LogP contribution >= 0.6 is 0 Å². The number of rotatable bonds is 10. The van der Waals surface area contributed by atoms with Crippen molar-refractivity contribution in [1.29, 1.82) is 0 Å². The molecule has 0 spiro atoms. The summed E-state index contributed by atoms with van der Waals surface area (Å²) in [5.74, 6) is 1.29. The molecule has 0 radical (unpaired) electrons. The van der Waals surface area contributed by atoms with E-state index in [4.69, 9.17) is 19.3 Å². The fourth-order valence-electron chi connectivity index (χ4n) is 4.42. The van der Waals surface area contributed by atoms with Gasteiger partial charge in [0.25, 0.3) is 5.91 Å². The second-order valence-corrected chi connectivity index (χ2v) is 8.89. The Hall–Kier alpha value is -3.39. The van der Waals surface area contributed by atoms with E-state index in [2.05, 4.69) is 0 Å². The van der Waals surface area contributed by atoms with Crippen molar-refractivity contribution < 1.29 is 23.8 Å². The van der Waals surface area contributed by atoms with E-state index in [0.29, 0.717) is 19.6 Å². The average molecular weight is 480 g/mol. The van der Waals surface area contributed by atoms with Crippen LogP contribution in [0.3, 0.4) is 0 Å². The van der Waals surface area contributed by atoms with Gasteiger partial charge in [0.2, 0.25) is 5.91 Å². The molecule has 1 unspecified atom stereocenters. The fourth-order valence-corrected chi connectivity index (χ4v) is 4.42. The number of amides is 2. The molecule has 35 heavy (non-hydrogen) atoms. The third-order valence-electron chi connectivity index (χ3n) is 6.73. The largest absolute Gasteiger partial charge is 0.497 e. The number of ether oxygens (including phenoxy) is 3. The van der Waals surface area contributed by atoms with Crippen LogP contribution in [0, 0.1) is 5.92 Å². The Balaban J connectivity index is 1.60. The van der Waals surface area contributed by atoms with E-state index in [1.54, 1.807) is 26.2 Å². The van der Waals surface area contributed by atoms with Gasteiger partial charge in [-0.2, -0.15) is 5.10 Å². The predicted molar refractivity (Wildman–Crippen MR) is 133 cm³/mol. The summed E-state index contributed by atoms with van der Waals surface area (Å²) in [5, 5.41) is 6.28. The molecule has 8 nitrogen and oxygen atoms in total. The van der Waals surface area contributed by atoms with Crippen molar-refractivity contribution in [3.05, 3.63) is 59.7 Å². The lowest BCUT2D eigenvalue weighted by atomic mass is 9.84. The number of benzene rings is 2. The maximum atomic E-state index is 13.6. The highest BCUT2D eigenvalue weighted by Crippen LogP contribution is 2.35. The van der Waals surface area contributed by atoms with E-state index in [1.165, 1.54) is 5.01 Å². The van der Waals surface area contributed by atoms with Crippen molar-refractivity contribution in [3.63, 3.8) is 0 Å². The van der Waals surface area contributed by atoms with E-state index in [1.807, 2.05) is 48.5 Å². The molecule has 0 aromatic heterocycles. The van der Waals surface area contributed by atoms with Gasteiger partial charge < -0.3 is 19.1 Å². The summed E-state index contributed by atoms with van der Waals surface area (Å²) < 4.78 is 15.9. The number of methoxy groups -OCH3 is 3. The summed E-state index contributed by atoms with van der Waals surface area (Å²) in [5.41, 5.74) is 2.65. The topological polar surface area (TPSA) is 80.7 Å². The van der Waals surface area contributed by atoms with Gasteiger partial charge in [0, 0.05) is 31.6 Å². The first-order chi connectivity index (χ1) is 17.0. The summed E-state index contributed by atoms with van der Waals surface area (Å²) >= 11 is 0. The summed E-state index contributed by atoms with van der Waals surface area (Å²) in [7, 11) is 4.84. The fraction of sp³-hybridized carbons (Fsp3) is 0.444. The molecule has 0 bridgehead atoms. The molecule has 0 N–H and O–H groups in total. The highest BCUT2D eigenvalue weighted by molar-refractivity contribution is 6.03. The van der Waals surface area contributed by atoms with E-state index in [9.17, 15) is 9.59 Å². The molecule has 2 aliphatic rings. The zero-order chi connectivity index (χ0) is 24.8. The Morgan fingerprint density at radius 1 is 1.03 bits per heavy atom. The van der Waals surface area contributed by atoms with Gasteiger partial charge in [0.15, 0.2) is 0 Å². The molecule has 1 aliphatic carbocycles. The molecule has 1 atom stereocenters. The number of carbonyl (C=O) groups excluding carboxylic acids is 2. The Morgan fingerprint density at radius 2 is 1.77 bits per heavy atom. The van der Waals surface area contributed by atoms with E-state index in [-0.39, 0.29) is 30.3 Å². The predicted octanol–water partition coefficient (Wildman–Crippen LogP) is 3.66.